The molecule has 0 saturated heterocycles. The lowest BCUT2D eigenvalue weighted by Gasteiger charge is -2.13. The van der Waals surface area contributed by atoms with Crippen LogP contribution in [0.3, 0.4) is 0 Å². The van der Waals surface area contributed by atoms with Gasteiger partial charge in [-0.3, -0.25) is 0 Å². The van der Waals surface area contributed by atoms with Crippen LogP contribution < -0.4 is 16.4 Å². The third-order valence-corrected chi connectivity index (χ3v) is 4.36. The van der Waals surface area contributed by atoms with Crippen LogP contribution in [0.2, 0.25) is 0 Å². The van der Waals surface area contributed by atoms with E-state index in [2.05, 4.69) is 46.6 Å². The average molecular weight is 391 g/mol. The van der Waals surface area contributed by atoms with E-state index in [-0.39, 0.29) is 5.97 Å². The van der Waals surface area contributed by atoms with Crippen LogP contribution in [-0.2, 0) is 4.74 Å². The smallest absolute Gasteiger partial charge is 0.338 e. The number of benzene rings is 2. The molecule has 29 heavy (non-hydrogen) atoms. The summed E-state index contributed by atoms with van der Waals surface area (Å²) in [7, 11) is 0. The van der Waals surface area contributed by atoms with Crippen molar-refractivity contribution in [1.29, 1.82) is 0 Å². The van der Waals surface area contributed by atoms with E-state index in [0.29, 0.717) is 41.1 Å². The molecule has 0 unspecified atom stereocenters. The minimum atomic E-state index is -0.376. The number of nitrogens with two attached hydrogens (primary N) is 1. The molecular formula is C22H25N5O2. The van der Waals surface area contributed by atoms with Gasteiger partial charge in [-0.2, -0.15) is 0 Å². The Kier molecular flexibility index (Phi) is 6.29. The molecule has 0 bridgehead atoms. The van der Waals surface area contributed by atoms with Crippen molar-refractivity contribution in [1.82, 2.24) is 9.97 Å². The highest BCUT2D eigenvalue weighted by molar-refractivity contribution is 5.91. The molecule has 150 valence electrons. The Labute approximate surface area is 170 Å². The van der Waals surface area contributed by atoms with Gasteiger partial charge in [0.05, 0.1) is 12.2 Å². The number of anilines is 5. The Morgan fingerprint density at radius 3 is 2.31 bits per heavy atom. The van der Waals surface area contributed by atoms with Gasteiger partial charge in [0.15, 0.2) is 11.6 Å². The zero-order chi connectivity index (χ0) is 20.8. The quantitative estimate of drug-likeness (QED) is 0.495. The summed E-state index contributed by atoms with van der Waals surface area (Å²) in [5, 5.41) is 6.36. The first-order valence-corrected chi connectivity index (χ1v) is 9.49. The summed E-state index contributed by atoms with van der Waals surface area (Å²) >= 11 is 0. The Bertz CT molecular complexity index is 987. The van der Waals surface area contributed by atoms with Crippen LogP contribution in [0, 0.1) is 0 Å². The predicted molar refractivity (Wildman–Crippen MR) is 116 cm³/mol. The molecule has 3 rings (SSSR count). The fraction of sp³-hybridized carbons (Fsp3) is 0.227. The zero-order valence-electron chi connectivity index (χ0n) is 16.8. The summed E-state index contributed by atoms with van der Waals surface area (Å²) in [6, 6.07) is 15.1. The lowest BCUT2D eigenvalue weighted by molar-refractivity contribution is 0.0526. The number of nitrogen functional groups attached to an aromatic ring is 1. The number of nitrogens with zero attached hydrogens (tertiary/aromatic N) is 2. The van der Waals surface area contributed by atoms with Gasteiger partial charge in [-0.05, 0) is 48.7 Å². The molecule has 0 amide bonds. The number of ether oxygens (including phenoxy) is 1. The van der Waals surface area contributed by atoms with Crippen LogP contribution in [0.25, 0.3) is 0 Å². The van der Waals surface area contributed by atoms with E-state index in [0.717, 1.165) is 5.69 Å². The highest BCUT2D eigenvalue weighted by atomic mass is 16.5. The monoisotopic (exact) mass is 391 g/mol. The van der Waals surface area contributed by atoms with Crippen LogP contribution in [-0.4, -0.2) is 22.5 Å². The molecule has 1 aromatic heterocycles. The molecule has 4 N–H and O–H groups in total. The highest BCUT2D eigenvalue weighted by Crippen LogP contribution is 2.29. The largest absolute Gasteiger partial charge is 0.462 e. The molecule has 0 atom stereocenters. The van der Waals surface area contributed by atoms with Crippen molar-refractivity contribution >= 4 is 34.7 Å². The third kappa shape index (κ3) is 5.01. The van der Waals surface area contributed by atoms with E-state index in [4.69, 9.17) is 10.5 Å². The van der Waals surface area contributed by atoms with Gasteiger partial charge in [-0.15, -0.1) is 0 Å². The summed E-state index contributed by atoms with van der Waals surface area (Å²) in [4.78, 5) is 20.4. The van der Waals surface area contributed by atoms with Crippen LogP contribution in [0.1, 0.15) is 42.6 Å². The Hall–Kier alpha value is -3.61. The molecular weight excluding hydrogens is 366 g/mol. The third-order valence-electron chi connectivity index (χ3n) is 4.36. The van der Waals surface area contributed by atoms with E-state index < -0.39 is 0 Å². The lowest BCUT2D eigenvalue weighted by atomic mass is 10.0. The molecule has 0 fully saturated rings. The molecule has 0 spiro atoms. The minimum Gasteiger partial charge on any atom is -0.462 e. The molecule has 7 heteroatoms. The molecule has 0 aliphatic heterocycles. The molecule has 0 aliphatic rings. The minimum absolute atomic E-state index is 0.322. The van der Waals surface area contributed by atoms with Gasteiger partial charge >= 0.3 is 5.97 Å². The van der Waals surface area contributed by atoms with Crippen molar-refractivity contribution < 1.29 is 9.53 Å². The second kappa shape index (κ2) is 9.05. The summed E-state index contributed by atoms with van der Waals surface area (Å²) in [5.74, 6) is 1.04. The van der Waals surface area contributed by atoms with Gasteiger partial charge in [-0.1, -0.05) is 32.0 Å². The first-order valence-electron chi connectivity index (χ1n) is 9.49. The van der Waals surface area contributed by atoms with E-state index in [9.17, 15) is 4.79 Å². The maximum atomic E-state index is 11.9. The van der Waals surface area contributed by atoms with Crippen LogP contribution in [0.15, 0.2) is 54.9 Å². The second-order valence-electron chi connectivity index (χ2n) is 6.81. The summed E-state index contributed by atoms with van der Waals surface area (Å²) < 4.78 is 5.04. The van der Waals surface area contributed by atoms with Crippen molar-refractivity contribution in [2.45, 2.75) is 26.7 Å². The number of carbonyl (C=O) groups excluding carboxylic acids is 1. The lowest BCUT2D eigenvalue weighted by Crippen LogP contribution is -2.07. The Morgan fingerprint density at radius 2 is 1.69 bits per heavy atom. The number of hydrogen-bond acceptors (Lipinski definition) is 7. The molecule has 3 aromatic rings. The van der Waals surface area contributed by atoms with Gasteiger partial charge in [0.2, 0.25) is 0 Å². The fourth-order valence-electron chi connectivity index (χ4n) is 2.76. The Balaban J connectivity index is 1.78. The summed E-state index contributed by atoms with van der Waals surface area (Å²) in [5.41, 5.74) is 9.91. The maximum Gasteiger partial charge on any atom is 0.338 e. The van der Waals surface area contributed by atoms with Gasteiger partial charge in [0.25, 0.3) is 0 Å². The zero-order valence-corrected chi connectivity index (χ0v) is 16.8. The highest BCUT2D eigenvalue weighted by Gasteiger charge is 2.11. The number of esters is 1. The average Bonchev–Trinajstić information content (AvgIpc) is 2.72. The van der Waals surface area contributed by atoms with Crippen molar-refractivity contribution in [3.8, 4) is 0 Å². The summed E-state index contributed by atoms with van der Waals surface area (Å²) in [6.07, 6.45) is 1.43. The van der Waals surface area contributed by atoms with E-state index in [1.54, 1.807) is 25.1 Å². The number of carbonyl (C=O) groups is 1. The van der Waals surface area contributed by atoms with Crippen molar-refractivity contribution in [3.63, 3.8) is 0 Å². The number of hydrogen-bond donors (Lipinski definition) is 3. The van der Waals surface area contributed by atoms with Crippen LogP contribution in [0.5, 0.6) is 0 Å². The fourth-order valence-corrected chi connectivity index (χ4v) is 2.76. The van der Waals surface area contributed by atoms with Crippen LogP contribution in [0.4, 0.5) is 28.7 Å². The van der Waals surface area contributed by atoms with Crippen molar-refractivity contribution in [3.05, 3.63) is 66.0 Å². The van der Waals surface area contributed by atoms with Gasteiger partial charge in [-0.25, -0.2) is 14.8 Å². The standard InChI is InChI=1S/C22H25N5O2/c1-4-29-22(28)16-6-5-7-18(12-16)27-21-19(23)20(24-13-25-21)26-17-10-8-15(9-11-17)14(2)3/h5-14H,4,23H2,1-3H3,(H2,24,25,26,27). The van der Waals surface area contributed by atoms with Gasteiger partial charge < -0.3 is 21.1 Å². The summed E-state index contributed by atoms with van der Waals surface area (Å²) in [6.45, 7) is 6.40. The first-order chi connectivity index (χ1) is 14.0. The van der Waals surface area contributed by atoms with Gasteiger partial charge in [0.1, 0.15) is 12.0 Å². The first kappa shape index (κ1) is 20.1. The normalized spacial score (nSPS) is 10.6. The van der Waals surface area contributed by atoms with Crippen molar-refractivity contribution in [2.24, 2.45) is 0 Å². The molecule has 0 saturated carbocycles. The predicted octanol–water partition coefficient (Wildman–Crippen LogP) is 4.85. The number of nitrogens with one attached hydrogen (secondary N) is 2. The molecule has 0 radical (unpaired) electrons. The SMILES string of the molecule is CCOC(=O)c1cccc(Nc2ncnc(Nc3ccc(C(C)C)cc3)c2N)c1. The topological polar surface area (TPSA) is 102 Å². The Morgan fingerprint density at radius 1 is 1.03 bits per heavy atom. The second-order valence-corrected chi connectivity index (χ2v) is 6.81. The van der Waals surface area contributed by atoms with Crippen molar-refractivity contribution in [2.75, 3.05) is 23.0 Å². The number of aromatic nitrogens is 2. The molecule has 2 aromatic carbocycles. The molecule has 1 heterocycles. The van der Waals surface area contributed by atoms with E-state index in [1.165, 1.54) is 11.9 Å². The molecule has 7 nitrogen and oxygen atoms in total. The van der Waals surface area contributed by atoms with E-state index in [1.807, 2.05) is 18.2 Å². The number of rotatable bonds is 7. The van der Waals surface area contributed by atoms with E-state index >= 15 is 0 Å². The van der Waals surface area contributed by atoms with Gasteiger partial charge in [0, 0.05) is 11.4 Å². The molecule has 0 aliphatic carbocycles. The maximum absolute atomic E-state index is 11.9. The van der Waals surface area contributed by atoms with Crippen LogP contribution >= 0.6 is 0 Å².